The average molecular weight is 391 g/mol. The minimum absolute atomic E-state index is 0.472. The SMILES string of the molecule is CC(C)N(CCC(C#N)(CCN1C=Cn2cccc2C1)c1ccccc1)C(C)C. The van der Waals surface area contributed by atoms with Gasteiger partial charge in [-0.05, 0) is 58.2 Å². The van der Waals surface area contributed by atoms with Crippen molar-refractivity contribution in [2.45, 2.75) is 64.6 Å². The van der Waals surface area contributed by atoms with E-state index < -0.39 is 5.41 Å². The van der Waals surface area contributed by atoms with Gasteiger partial charge in [-0.15, -0.1) is 0 Å². The van der Waals surface area contributed by atoms with Gasteiger partial charge in [0.25, 0.3) is 0 Å². The molecule has 2 aromatic rings. The molecule has 1 atom stereocenters. The first-order valence-corrected chi connectivity index (χ1v) is 10.8. The maximum atomic E-state index is 10.4. The van der Waals surface area contributed by atoms with E-state index in [0.717, 1.165) is 38.0 Å². The zero-order valence-electron chi connectivity index (χ0n) is 18.3. The summed E-state index contributed by atoms with van der Waals surface area (Å²) in [6, 6.07) is 18.3. The van der Waals surface area contributed by atoms with Gasteiger partial charge in [0, 0.05) is 49.5 Å². The van der Waals surface area contributed by atoms with Crippen LogP contribution < -0.4 is 0 Å². The lowest BCUT2D eigenvalue weighted by Gasteiger charge is -2.36. The molecule has 1 aliphatic heterocycles. The van der Waals surface area contributed by atoms with Gasteiger partial charge < -0.3 is 9.47 Å². The summed E-state index contributed by atoms with van der Waals surface area (Å²) in [5, 5.41) is 10.4. The zero-order chi connectivity index (χ0) is 20.9. The number of rotatable bonds is 9. The predicted octanol–water partition coefficient (Wildman–Crippen LogP) is 5.09. The van der Waals surface area contributed by atoms with Crippen LogP contribution in [0.2, 0.25) is 0 Å². The van der Waals surface area contributed by atoms with Gasteiger partial charge in [0.05, 0.1) is 18.0 Å². The van der Waals surface area contributed by atoms with E-state index in [1.165, 1.54) is 5.69 Å². The van der Waals surface area contributed by atoms with Crippen LogP contribution in [0.4, 0.5) is 0 Å². The second-order valence-corrected chi connectivity index (χ2v) is 8.66. The second-order valence-electron chi connectivity index (χ2n) is 8.66. The highest BCUT2D eigenvalue weighted by molar-refractivity contribution is 5.34. The summed E-state index contributed by atoms with van der Waals surface area (Å²) >= 11 is 0. The molecule has 1 unspecified atom stereocenters. The Hall–Kier alpha value is -2.51. The average Bonchev–Trinajstić information content (AvgIpc) is 3.18. The molecule has 0 saturated carbocycles. The van der Waals surface area contributed by atoms with Gasteiger partial charge >= 0.3 is 0 Å². The van der Waals surface area contributed by atoms with Crippen molar-refractivity contribution in [3.8, 4) is 6.07 Å². The lowest BCUT2D eigenvalue weighted by atomic mass is 9.75. The van der Waals surface area contributed by atoms with Crippen molar-refractivity contribution < 1.29 is 0 Å². The van der Waals surface area contributed by atoms with E-state index in [9.17, 15) is 5.26 Å². The molecule has 0 radical (unpaired) electrons. The van der Waals surface area contributed by atoms with Crippen LogP contribution >= 0.6 is 0 Å². The molecule has 4 heteroatoms. The Kier molecular flexibility index (Phi) is 6.82. The molecule has 1 aromatic carbocycles. The van der Waals surface area contributed by atoms with Crippen molar-refractivity contribution in [3.63, 3.8) is 0 Å². The zero-order valence-corrected chi connectivity index (χ0v) is 18.3. The molecule has 4 nitrogen and oxygen atoms in total. The van der Waals surface area contributed by atoms with Crippen molar-refractivity contribution in [1.82, 2.24) is 14.4 Å². The monoisotopic (exact) mass is 390 g/mol. The van der Waals surface area contributed by atoms with Crippen molar-refractivity contribution >= 4 is 6.20 Å². The molecular weight excluding hydrogens is 356 g/mol. The molecule has 1 aliphatic rings. The highest BCUT2D eigenvalue weighted by atomic mass is 15.2. The topological polar surface area (TPSA) is 35.2 Å². The van der Waals surface area contributed by atoms with Crippen molar-refractivity contribution in [2.75, 3.05) is 13.1 Å². The van der Waals surface area contributed by atoms with Crippen LogP contribution in [0.3, 0.4) is 0 Å². The van der Waals surface area contributed by atoms with Crippen LogP contribution in [0, 0.1) is 11.3 Å². The number of hydrogen-bond acceptors (Lipinski definition) is 3. The molecule has 3 rings (SSSR count). The van der Waals surface area contributed by atoms with E-state index in [1.54, 1.807) is 0 Å². The number of aromatic nitrogens is 1. The van der Waals surface area contributed by atoms with Gasteiger partial charge in [-0.2, -0.15) is 5.26 Å². The molecule has 1 aromatic heterocycles. The van der Waals surface area contributed by atoms with Gasteiger partial charge in [-0.3, -0.25) is 4.90 Å². The quantitative estimate of drug-likeness (QED) is 0.598. The molecule has 29 heavy (non-hydrogen) atoms. The predicted molar refractivity (Wildman–Crippen MR) is 120 cm³/mol. The Morgan fingerprint density at radius 3 is 2.38 bits per heavy atom. The number of hydrogen-bond donors (Lipinski definition) is 0. The summed E-state index contributed by atoms with van der Waals surface area (Å²) in [6.45, 7) is 11.6. The summed E-state index contributed by atoms with van der Waals surface area (Å²) in [7, 11) is 0. The maximum Gasteiger partial charge on any atom is 0.0851 e. The lowest BCUT2D eigenvalue weighted by Crippen LogP contribution is -2.41. The van der Waals surface area contributed by atoms with E-state index in [4.69, 9.17) is 0 Å². The molecule has 2 heterocycles. The minimum Gasteiger partial charge on any atom is -0.370 e. The summed E-state index contributed by atoms with van der Waals surface area (Å²) in [5.74, 6) is 0. The fourth-order valence-electron chi connectivity index (χ4n) is 4.40. The third kappa shape index (κ3) is 4.92. The first-order valence-electron chi connectivity index (χ1n) is 10.8. The van der Waals surface area contributed by atoms with Crippen LogP contribution in [0.25, 0.3) is 6.20 Å². The van der Waals surface area contributed by atoms with Crippen LogP contribution in [-0.2, 0) is 12.0 Å². The summed E-state index contributed by atoms with van der Waals surface area (Å²) in [4.78, 5) is 4.82. The molecule has 0 saturated heterocycles. The summed E-state index contributed by atoms with van der Waals surface area (Å²) in [5.41, 5.74) is 1.95. The lowest BCUT2D eigenvalue weighted by molar-refractivity contribution is 0.159. The molecule has 0 spiro atoms. The van der Waals surface area contributed by atoms with Gasteiger partial charge in [-0.1, -0.05) is 30.3 Å². The molecule has 0 bridgehead atoms. The van der Waals surface area contributed by atoms with Gasteiger partial charge in [0.1, 0.15) is 0 Å². The highest BCUT2D eigenvalue weighted by Gasteiger charge is 2.33. The minimum atomic E-state index is -0.476. The molecular formula is C25H34N4. The Morgan fingerprint density at radius 2 is 1.72 bits per heavy atom. The van der Waals surface area contributed by atoms with Crippen molar-refractivity contribution in [3.05, 3.63) is 66.1 Å². The molecule has 0 amide bonds. The highest BCUT2D eigenvalue weighted by Crippen LogP contribution is 2.33. The summed E-state index contributed by atoms with van der Waals surface area (Å²) < 4.78 is 2.16. The second kappa shape index (κ2) is 9.33. The fourth-order valence-corrected chi connectivity index (χ4v) is 4.40. The number of benzene rings is 1. The number of nitriles is 1. The van der Waals surface area contributed by atoms with E-state index in [0.29, 0.717) is 12.1 Å². The molecule has 0 fully saturated rings. The Balaban J connectivity index is 1.77. The van der Waals surface area contributed by atoms with Crippen molar-refractivity contribution in [1.29, 1.82) is 5.26 Å². The Labute approximate surface area is 176 Å². The molecule has 0 N–H and O–H groups in total. The van der Waals surface area contributed by atoms with E-state index >= 15 is 0 Å². The third-order valence-electron chi connectivity index (χ3n) is 6.16. The van der Waals surface area contributed by atoms with Crippen LogP contribution in [0.1, 0.15) is 51.8 Å². The van der Waals surface area contributed by atoms with E-state index in [2.05, 4.69) is 103 Å². The standard InChI is InChI=1S/C25H34N4/c1-21(2)29(22(3)4)16-13-25(20-26,23-9-6-5-7-10-23)12-15-27-17-18-28-14-8-11-24(28)19-27/h5-11,14,17-18,21-22H,12-13,15-16,19H2,1-4H3. The summed E-state index contributed by atoms with van der Waals surface area (Å²) in [6.07, 6.45) is 8.00. The van der Waals surface area contributed by atoms with Gasteiger partial charge in [0.15, 0.2) is 0 Å². The number of fused-ring (bicyclic) bond motifs is 1. The smallest absolute Gasteiger partial charge is 0.0851 e. The molecule has 0 aliphatic carbocycles. The Bertz CT molecular complexity index is 835. The largest absolute Gasteiger partial charge is 0.370 e. The van der Waals surface area contributed by atoms with Crippen LogP contribution in [-0.4, -0.2) is 39.5 Å². The van der Waals surface area contributed by atoms with Crippen LogP contribution in [0.15, 0.2) is 54.9 Å². The first kappa shape index (κ1) is 21.2. The fraction of sp³-hybridized carbons (Fsp3) is 0.480. The number of nitrogens with zero attached hydrogens (tertiary/aromatic N) is 4. The molecule has 154 valence electrons. The first-order chi connectivity index (χ1) is 13.9. The third-order valence-corrected chi connectivity index (χ3v) is 6.16. The van der Waals surface area contributed by atoms with E-state index in [-0.39, 0.29) is 0 Å². The van der Waals surface area contributed by atoms with Gasteiger partial charge in [-0.25, -0.2) is 0 Å². The van der Waals surface area contributed by atoms with Crippen molar-refractivity contribution in [2.24, 2.45) is 0 Å². The maximum absolute atomic E-state index is 10.4. The Morgan fingerprint density at radius 1 is 1.00 bits per heavy atom. The van der Waals surface area contributed by atoms with E-state index in [1.807, 2.05) is 6.07 Å². The van der Waals surface area contributed by atoms with Gasteiger partial charge in [0.2, 0.25) is 0 Å². The van der Waals surface area contributed by atoms with Crippen LogP contribution in [0.5, 0.6) is 0 Å². The normalized spacial score (nSPS) is 15.6.